The van der Waals surface area contributed by atoms with Crippen LogP contribution in [0.25, 0.3) is 0 Å². The zero-order valence-electron chi connectivity index (χ0n) is 9.65. The van der Waals surface area contributed by atoms with E-state index in [9.17, 15) is 9.18 Å². The minimum Gasteiger partial charge on any atom is -0.478 e. The van der Waals surface area contributed by atoms with Crippen LogP contribution in [0.5, 0.6) is 0 Å². The Kier molecular flexibility index (Phi) is 5.77. The van der Waals surface area contributed by atoms with E-state index < -0.39 is 5.97 Å². The van der Waals surface area contributed by atoms with Crippen LogP contribution in [0.15, 0.2) is 40.1 Å². The van der Waals surface area contributed by atoms with Gasteiger partial charge in [0.25, 0.3) is 0 Å². The molecule has 0 aliphatic rings. The first kappa shape index (κ1) is 13.8. The van der Waals surface area contributed by atoms with Crippen molar-refractivity contribution in [2.45, 2.75) is 31.1 Å². The van der Waals surface area contributed by atoms with Crippen LogP contribution in [0, 0.1) is 5.82 Å². The van der Waals surface area contributed by atoms with Crippen molar-refractivity contribution in [3.05, 3.63) is 41.1 Å². The number of halogens is 1. The Labute approximate surface area is 105 Å². The monoisotopic (exact) mass is 254 g/mol. The molecule has 0 atom stereocenters. The molecule has 1 rings (SSSR count). The molecule has 92 valence electrons. The highest BCUT2D eigenvalue weighted by molar-refractivity contribution is 8.02. The van der Waals surface area contributed by atoms with E-state index in [1.807, 2.05) is 6.92 Å². The fourth-order valence-corrected chi connectivity index (χ4v) is 2.03. The van der Waals surface area contributed by atoms with E-state index in [0.29, 0.717) is 12.0 Å². The van der Waals surface area contributed by atoms with Gasteiger partial charge in [0.2, 0.25) is 0 Å². The van der Waals surface area contributed by atoms with E-state index in [2.05, 4.69) is 0 Å². The van der Waals surface area contributed by atoms with Crippen molar-refractivity contribution in [3.63, 3.8) is 0 Å². The predicted molar refractivity (Wildman–Crippen MR) is 67.5 cm³/mol. The van der Waals surface area contributed by atoms with Gasteiger partial charge in [-0.05, 0) is 42.5 Å². The number of benzene rings is 1. The van der Waals surface area contributed by atoms with Crippen LogP contribution in [0.2, 0.25) is 0 Å². The lowest BCUT2D eigenvalue weighted by molar-refractivity contribution is -0.132. The number of aliphatic carboxylic acids is 1. The van der Waals surface area contributed by atoms with Crippen LogP contribution in [-0.2, 0) is 4.79 Å². The summed E-state index contributed by atoms with van der Waals surface area (Å²) in [6, 6.07) is 6.00. The van der Waals surface area contributed by atoms with Gasteiger partial charge in [-0.15, -0.1) is 0 Å². The molecule has 0 amide bonds. The summed E-state index contributed by atoms with van der Waals surface area (Å²) in [5.41, 5.74) is 0.404. The molecule has 1 N–H and O–H groups in total. The van der Waals surface area contributed by atoms with Crippen molar-refractivity contribution >= 4 is 17.7 Å². The Bertz CT molecular complexity index is 398. The van der Waals surface area contributed by atoms with Crippen molar-refractivity contribution < 1.29 is 14.3 Å². The molecule has 0 aromatic heterocycles. The van der Waals surface area contributed by atoms with Gasteiger partial charge < -0.3 is 5.11 Å². The second-order valence-electron chi connectivity index (χ2n) is 3.62. The largest absolute Gasteiger partial charge is 0.478 e. The van der Waals surface area contributed by atoms with Gasteiger partial charge in [-0.3, -0.25) is 0 Å². The number of hydrogen-bond acceptors (Lipinski definition) is 2. The second kappa shape index (κ2) is 7.12. The molecule has 0 spiro atoms. The van der Waals surface area contributed by atoms with Crippen LogP contribution in [-0.4, -0.2) is 11.1 Å². The molecule has 1 aromatic rings. The highest BCUT2D eigenvalue weighted by Gasteiger charge is 2.06. The summed E-state index contributed by atoms with van der Waals surface area (Å²) in [7, 11) is 0. The fraction of sp³-hybridized carbons (Fsp3) is 0.308. The van der Waals surface area contributed by atoms with Crippen LogP contribution in [0.4, 0.5) is 4.39 Å². The Morgan fingerprint density at radius 1 is 1.41 bits per heavy atom. The number of carboxylic acid groups (broad SMARTS) is 1. The van der Waals surface area contributed by atoms with Gasteiger partial charge in [0, 0.05) is 10.5 Å². The van der Waals surface area contributed by atoms with Crippen LogP contribution in [0.3, 0.4) is 0 Å². The molecule has 2 nitrogen and oxygen atoms in total. The Morgan fingerprint density at radius 2 is 2.06 bits per heavy atom. The Balaban J connectivity index is 2.65. The molecule has 0 fully saturated rings. The standard InChI is InChI=1S/C13H15FO2S/c1-2-3-4-10(13(15)16)9-17-12-7-5-11(14)6-8-12/h5-9H,2-4H2,1H3,(H,15,16). The average Bonchev–Trinajstić information content (AvgIpc) is 2.31. The summed E-state index contributed by atoms with van der Waals surface area (Å²) >= 11 is 1.31. The smallest absolute Gasteiger partial charge is 0.332 e. The van der Waals surface area contributed by atoms with Gasteiger partial charge >= 0.3 is 5.97 Å². The molecule has 0 unspecified atom stereocenters. The van der Waals surface area contributed by atoms with E-state index in [4.69, 9.17) is 5.11 Å². The lowest BCUT2D eigenvalue weighted by Gasteiger charge is -2.01. The van der Waals surface area contributed by atoms with Crippen molar-refractivity contribution in [2.75, 3.05) is 0 Å². The molecule has 0 saturated carbocycles. The average molecular weight is 254 g/mol. The third-order valence-corrected chi connectivity index (χ3v) is 3.17. The lowest BCUT2D eigenvalue weighted by atomic mass is 10.1. The highest BCUT2D eigenvalue weighted by atomic mass is 32.2. The van der Waals surface area contributed by atoms with Crippen LogP contribution in [0.1, 0.15) is 26.2 Å². The quantitative estimate of drug-likeness (QED) is 0.614. The van der Waals surface area contributed by atoms with Crippen LogP contribution >= 0.6 is 11.8 Å². The number of unbranched alkanes of at least 4 members (excludes halogenated alkanes) is 1. The molecule has 0 saturated heterocycles. The molecule has 1 aromatic carbocycles. The first-order valence-corrected chi connectivity index (χ1v) is 6.36. The van der Waals surface area contributed by atoms with Crippen molar-refractivity contribution in [2.24, 2.45) is 0 Å². The van der Waals surface area contributed by atoms with E-state index in [0.717, 1.165) is 17.7 Å². The zero-order valence-corrected chi connectivity index (χ0v) is 10.5. The normalized spacial score (nSPS) is 11.5. The first-order valence-electron chi connectivity index (χ1n) is 5.48. The number of carboxylic acids is 1. The van der Waals surface area contributed by atoms with E-state index >= 15 is 0 Å². The Morgan fingerprint density at radius 3 is 2.59 bits per heavy atom. The minimum atomic E-state index is -0.881. The molecule has 0 radical (unpaired) electrons. The van der Waals surface area contributed by atoms with Gasteiger partial charge in [-0.25, -0.2) is 9.18 Å². The van der Waals surface area contributed by atoms with E-state index in [1.165, 1.54) is 23.9 Å². The summed E-state index contributed by atoms with van der Waals surface area (Å²) in [6.45, 7) is 2.02. The number of thioether (sulfide) groups is 1. The Hall–Kier alpha value is -1.29. The third-order valence-electron chi connectivity index (χ3n) is 2.23. The van der Waals surface area contributed by atoms with Crippen LogP contribution < -0.4 is 0 Å². The van der Waals surface area contributed by atoms with Gasteiger partial charge in [-0.1, -0.05) is 25.1 Å². The first-order chi connectivity index (χ1) is 8.13. The molecule has 0 aliphatic carbocycles. The molecular formula is C13H15FO2S. The van der Waals surface area contributed by atoms with E-state index in [-0.39, 0.29) is 5.82 Å². The molecule has 4 heteroatoms. The second-order valence-corrected chi connectivity index (χ2v) is 4.57. The van der Waals surface area contributed by atoms with Crippen molar-refractivity contribution in [1.29, 1.82) is 0 Å². The fourth-order valence-electron chi connectivity index (χ4n) is 1.24. The van der Waals surface area contributed by atoms with Gasteiger partial charge in [0.05, 0.1) is 0 Å². The number of rotatable bonds is 6. The van der Waals surface area contributed by atoms with Crippen molar-refractivity contribution in [1.82, 2.24) is 0 Å². The van der Waals surface area contributed by atoms with Gasteiger partial charge in [0.15, 0.2) is 0 Å². The predicted octanol–water partition coefficient (Wildman–Crippen LogP) is 4.08. The molecular weight excluding hydrogens is 239 g/mol. The maximum Gasteiger partial charge on any atom is 0.332 e. The number of carbonyl (C=O) groups is 1. The molecule has 0 bridgehead atoms. The molecule has 0 aliphatic heterocycles. The number of hydrogen-bond donors (Lipinski definition) is 1. The summed E-state index contributed by atoms with van der Waals surface area (Å²) in [5.74, 6) is -1.17. The summed E-state index contributed by atoms with van der Waals surface area (Å²) in [4.78, 5) is 11.8. The van der Waals surface area contributed by atoms with Gasteiger partial charge in [-0.2, -0.15) is 0 Å². The maximum absolute atomic E-state index is 12.7. The highest BCUT2D eigenvalue weighted by Crippen LogP contribution is 2.22. The summed E-state index contributed by atoms with van der Waals surface area (Å²) in [6.07, 6.45) is 2.40. The minimum absolute atomic E-state index is 0.289. The van der Waals surface area contributed by atoms with Crippen molar-refractivity contribution in [3.8, 4) is 0 Å². The molecule has 17 heavy (non-hydrogen) atoms. The van der Waals surface area contributed by atoms with Gasteiger partial charge in [0.1, 0.15) is 5.82 Å². The zero-order chi connectivity index (χ0) is 12.7. The maximum atomic E-state index is 12.7. The summed E-state index contributed by atoms with van der Waals surface area (Å²) in [5, 5.41) is 10.6. The molecule has 0 heterocycles. The third kappa shape index (κ3) is 5.04. The SMILES string of the molecule is CCCCC(=CSc1ccc(F)cc1)C(=O)O. The summed E-state index contributed by atoms with van der Waals surface area (Å²) < 4.78 is 12.7. The van der Waals surface area contributed by atoms with E-state index in [1.54, 1.807) is 17.5 Å². The lowest BCUT2D eigenvalue weighted by Crippen LogP contribution is -1.99. The topological polar surface area (TPSA) is 37.3 Å².